The summed E-state index contributed by atoms with van der Waals surface area (Å²) >= 11 is 0. The van der Waals surface area contributed by atoms with Crippen molar-refractivity contribution >= 4 is 40.0 Å². The number of nitrogens with two attached hydrogens (primary N) is 1. The molecule has 2 N–H and O–H groups in total. The number of halogens is 1. The fourth-order valence-electron chi connectivity index (χ4n) is 2.04. The second-order valence-corrected chi connectivity index (χ2v) is 7.36. The fraction of sp³-hybridized carbons (Fsp3) is 0.500. The number of guanidine groups is 1. The van der Waals surface area contributed by atoms with Crippen LogP contribution in [0.25, 0.3) is 0 Å². The van der Waals surface area contributed by atoms with Gasteiger partial charge in [-0.25, -0.2) is 17.7 Å². The van der Waals surface area contributed by atoms with Crippen molar-refractivity contribution in [3.05, 3.63) is 29.8 Å². The number of sulfonamides is 1. The van der Waals surface area contributed by atoms with Gasteiger partial charge in [0.2, 0.25) is 10.0 Å². The lowest BCUT2D eigenvalue weighted by molar-refractivity contribution is 0.0674. The Balaban J connectivity index is 0.00000264. The molecule has 1 aliphatic rings. The molecule has 1 aliphatic heterocycles. The molecule has 1 aromatic rings. The molecular formula is C14H23IN4O3S. The molecule has 0 bridgehead atoms. The molecule has 0 unspecified atom stereocenters. The Bertz CT molecular complexity index is 626. The fourth-order valence-corrected chi connectivity index (χ4v) is 2.94. The topological polar surface area (TPSA) is 88.2 Å². The summed E-state index contributed by atoms with van der Waals surface area (Å²) in [6, 6.07) is 6.69. The highest BCUT2D eigenvalue weighted by Gasteiger charge is 2.16. The van der Waals surface area contributed by atoms with Crippen molar-refractivity contribution in [2.24, 2.45) is 10.7 Å². The van der Waals surface area contributed by atoms with Gasteiger partial charge < -0.3 is 15.4 Å². The number of aliphatic imine (C=N–C) groups is 1. The minimum absolute atomic E-state index is 0. The van der Waals surface area contributed by atoms with Crippen molar-refractivity contribution in [1.29, 1.82) is 0 Å². The summed E-state index contributed by atoms with van der Waals surface area (Å²) in [6.07, 6.45) is 0. The molecule has 0 spiro atoms. The molecule has 2 rings (SSSR count). The quantitative estimate of drug-likeness (QED) is 0.411. The maximum Gasteiger partial charge on any atom is 0.242 e. The van der Waals surface area contributed by atoms with Crippen LogP contribution in [0.2, 0.25) is 0 Å². The number of ether oxygens (including phenoxy) is 1. The maximum absolute atomic E-state index is 12.0. The predicted molar refractivity (Wildman–Crippen MR) is 100 cm³/mol. The molecule has 1 saturated heterocycles. The molecule has 0 amide bonds. The van der Waals surface area contributed by atoms with Crippen LogP contribution in [0.15, 0.2) is 34.2 Å². The van der Waals surface area contributed by atoms with Gasteiger partial charge in [-0.2, -0.15) is 0 Å². The van der Waals surface area contributed by atoms with Crippen LogP contribution in [-0.2, 0) is 21.3 Å². The number of hydrogen-bond acceptors (Lipinski definition) is 4. The van der Waals surface area contributed by atoms with E-state index in [2.05, 4.69) is 4.99 Å². The minimum atomic E-state index is -3.39. The third-order valence-electron chi connectivity index (χ3n) is 3.46. The summed E-state index contributed by atoms with van der Waals surface area (Å²) in [5.74, 6) is 0.494. The Morgan fingerprint density at radius 3 is 2.35 bits per heavy atom. The van der Waals surface area contributed by atoms with Gasteiger partial charge in [0, 0.05) is 27.2 Å². The number of rotatable bonds is 4. The first-order valence-corrected chi connectivity index (χ1v) is 8.49. The highest BCUT2D eigenvalue weighted by molar-refractivity contribution is 14.0. The Labute approximate surface area is 154 Å². The smallest absolute Gasteiger partial charge is 0.242 e. The molecule has 7 nitrogen and oxygen atoms in total. The van der Waals surface area contributed by atoms with Gasteiger partial charge in [-0.15, -0.1) is 24.0 Å². The molecule has 1 heterocycles. The van der Waals surface area contributed by atoms with Crippen LogP contribution in [0.1, 0.15) is 5.56 Å². The third kappa shape index (κ3) is 5.30. The van der Waals surface area contributed by atoms with Crippen LogP contribution in [0.3, 0.4) is 0 Å². The van der Waals surface area contributed by atoms with Crippen molar-refractivity contribution in [3.63, 3.8) is 0 Å². The Hall–Kier alpha value is -0.910. The lowest BCUT2D eigenvalue weighted by atomic mass is 10.2. The highest BCUT2D eigenvalue weighted by Crippen LogP contribution is 2.14. The molecule has 1 fully saturated rings. The molecule has 0 saturated carbocycles. The molecule has 0 radical (unpaired) electrons. The summed E-state index contributed by atoms with van der Waals surface area (Å²) in [7, 11) is -0.370. The molecular weight excluding hydrogens is 431 g/mol. The average Bonchev–Trinajstić information content (AvgIpc) is 2.53. The van der Waals surface area contributed by atoms with E-state index in [1.807, 2.05) is 4.90 Å². The Morgan fingerprint density at radius 1 is 1.26 bits per heavy atom. The van der Waals surface area contributed by atoms with Gasteiger partial charge in [0.1, 0.15) is 0 Å². The lowest BCUT2D eigenvalue weighted by Crippen LogP contribution is -2.44. The normalized spacial score (nSPS) is 16.3. The van der Waals surface area contributed by atoms with Gasteiger partial charge in [0.15, 0.2) is 5.96 Å². The molecule has 0 atom stereocenters. The first kappa shape index (κ1) is 20.1. The zero-order valence-electron chi connectivity index (χ0n) is 13.3. The standard InChI is InChI=1S/C14H22N4O3S.HI/c1-17(2)22(19,20)13-5-3-12(4-6-13)11-16-14(15)18-7-9-21-10-8-18;/h3-6H,7-11H2,1-2H3,(H2,15,16);1H. The van der Waals surface area contributed by atoms with E-state index < -0.39 is 10.0 Å². The largest absolute Gasteiger partial charge is 0.378 e. The van der Waals surface area contributed by atoms with E-state index in [1.54, 1.807) is 24.3 Å². The minimum Gasteiger partial charge on any atom is -0.378 e. The van der Waals surface area contributed by atoms with Crippen LogP contribution in [0, 0.1) is 0 Å². The summed E-state index contributed by atoms with van der Waals surface area (Å²) in [4.78, 5) is 6.60. The molecule has 130 valence electrons. The molecule has 0 aromatic heterocycles. The van der Waals surface area contributed by atoms with Crippen LogP contribution in [0.4, 0.5) is 0 Å². The molecule has 9 heteroatoms. The second kappa shape index (κ2) is 8.81. The Morgan fingerprint density at radius 2 is 1.83 bits per heavy atom. The zero-order chi connectivity index (χ0) is 16.2. The molecule has 1 aromatic carbocycles. The first-order chi connectivity index (χ1) is 10.4. The summed E-state index contributed by atoms with van der Waals surface area (Å²) in [5, 5.41) is 0. The molecule has 23 heavy (non-hydrogen) atoms. The third-order valence-corrected chi connectivity index (χ3v) is 5.29. The van der Waals surface area contributed by atoms with Crippen molar-refractivity contribution in [3.8, 4) is 0 Å². The van der Waals surface area contributed by atoms with E-state index >= 15 is 0 Å². The maximum atomic E-state index is 12.0. The SMILES string of the molecule is CN(C)S(=O)(=O)c1ccc(CN=C(N)N2CCOCC2)cc1.I. The van der Waals surface area contributed by atoms with Crippen molar-refractivity contribution in [1.82, 2.24) is 9.21 Å². The average molecular weight is 454 g/mol. The van der Waals surface area contributed by atoms with Gasteiger partial charge in [0.25, 0.3) is 0 Å². The lowest BCUT2D eigenvalue weighted by Gasteiger charge is -2.27. The summed E-state index contributed by atoms with van der Waals surface area (Å²) in [5.41, 5.74) is 6.86. The van der Waals surface area contributed by atoms with E-state index in [4.69, 9.17) is 10.5 Å². The van der Waals surface area contributed by atoms with Gasteiger partial charge in [-0.3, -0.25) is 0 Å². The number of benzene rings is 1. The highest BCUT2D eigenvalue weighted by atomic mass is 127. The predicted octanol–water partition coefficient (Wildman–Crippen LogP) is 0.702. The van der Waals surface area contributed by atoms with E-state index in [1.165, 1.54) is 18.4 Å². The van der Waals surface area contributed by atoms with Gasteiger partial charge in [0.05, 0.1) is 24.7 Å². The van der Waals surface area contributed by atoms with Crippen molar-refractivity contribution in [2.45, 2.75) is 11.4 Å². The van der Waals surface area contributed by atoms with Gasteiger partial charge >= 0.3 is 0 Å². The summed E-state index contributed by atoms with van der Waals surface area (Å²) in [6.45, 7) is 3.23. The van der Waals surface area contributed by atoms with Crippen LogP contribution in [-0.4, -0.2) is 64.0 Å². The number of hydrogen-bond donors (Lipinski definition) is 1. The second-order valence-electron chi connectivity index (χ2n) is 5.21. The Kier molecular flexibility index (Phi) is 7.71. The van der Waals surface area contributed by atoms with Crippen LogP contribution < -0.4 is 5.73 Å². The first-order valence-electron chi connectivity index (χ1n) is 7.05. The van der Waals surface area contributed by atoms with E-state index in [9.17, 15) is 8.42 Å². The van der Waals surface area contributed by atoms with E-state index in [-0.39, 0.29) is 28.9 Å². The van der Waals surface area contributed by atoms with Crippen molar-refractivity contribution < 1.29 is 13.2 Å². The zero-order valence-corrected chi connectivity index (χ0v) is 16.5. The van der Waals surface area contributed by atoms with E-state index in [0.717, 1.165) is 18.7 Å². The van der Waals surface area contributed by atoms with E-state index in [0.29, 0.717) is 25.7 Å². The summed E-state index contributed by atoms with van der Waals surface area (Å²) < 4.78 is 30.4. The van der Waals surface area contributed by atoms with Crippen LogP contribution >= 0.6 is 24.0 Å². The van der Waals surface area contributed by atoms with Gasteiger partial charge in [-0.05, 0) is 17.7 Å². The number of nitrogens with zero attached hydrogens (tertiary/aromatic N) is 3. The monoisotopic (exact) mass is 454 g/mol. The van der Waals surface area contributed by atoms with Crippen molar-refractivity contribution in [2.75, 3.05) is 40.4 Å². The van der Waals surface area contributed by atoms with Gasteiger partial charge in [-0.1, -0.05) is 12.1 Å². The number of morpholine rings is 1. The molecule has 0 aliphatic carbocycles. The van der Waals surface area contributed by atoms with Crippen LogP contribution in [0.5, 0.6) is 0 Å².